The van der Waals surface area contributed by atoms with Crippen molar-refractivity contribution in [2.24, 2.45) is 0 Å². The second kappa shape index (κ2) is 7.99. The zero-order chi connectivity index (χ0) is 18.7. The first-order valence-corrected chi connectivity index (χ1v) is 8.67. The summed E-state index contributed by atoms with van der Waals surface area (Å²) in [4.78, 5) is 12.5. The normalized spacial score (nSPS) is 10.6. The molecule has 0 unspecified atom stereocenters. The predicted molar refractivity (Wildman–Crippen MR) is 101 cm³/mol. The molecule has 8 heteroatoms. The van der Waals surface area contributed by atoms with Crippen molar-refractivity contribution in [3.63, 3.8) is 0 Å². The lowest BCUT2D eigenvalue weighted by atomic mass is 10.2. The van der Waals surface area contributed by atoms with Gasteiger partial charge in [0.25, 0.3) is 5.91 Å². The number of nitrogens with zero attached hydrogens (tertiary/aromatic N) is 1. The maximum Gasteiger partial charge on any atom is 0.278 e. The highest BCUT2D eigenvalue weighted by Gasteiger charge is 2.20. The fourth-order valence-electron chi connectivity index (χ4n) is 2.19. The van der Waals surface area contributed by atoms with Gasteiger partial charge in [-0.05, 0) is 49.4 Å². The summed E-state index contributed by atoms with van der Waals surface area (Å²) < 4.78 is 10.8. The van der Waals surface area contributed by atoms with Crippen LogP contribution in [0.25, 0.3) is 0 Å². The summed E-state index contributed by atoms with van der Waals surface area (Å²) in [6, 6.07) is 11.7. The molecule has 1 aromatic heterocycles. The third kappa shape index (κ3) is 4.30. The van der Waals surface area contributed by atoms with Gasteiger partial charge in [0.05, 0.1) is 15.6 Å². The Morgan fingerprint density at radius 2 is 1.85 bits per heavy atom. The number of nitrogens with one attached hydrogen (secondary N) is 1. The van der Waals surface area contributed by atoms with Gasteiger partial charge < -0.3 is 14.6 Å². The van der Waals surface area contributed by atoms with Gasteiger partial charge in [0.15, 0.2) is 5.69 Å². The second-order valence-electron chi connectivity index (χ2n) is 5.39. The van der Waals surface area contributed by atoms with Crippen LogP contribution in [-0.4, -0.2) is 11.1 Å². The highest BCUT2D eigenvalue weighted by Crippen LogP contribution is 2.26. The van der Waals surface area contributed by atoms with Crippen LogP contribution in [0.2, 0.25) is 15.1 Å². The van der Waals surface area contributed by atoms with E-state index in [-0.39, 0.29) is 12.3 Å². The Bertz CT molecular complexity index is 939. The summed E-state index contributed by atoms with van der Waals surface area (Å²) in [5.41, 5.74) is 1.19. The summed E-state index contributed by atoms with van der Waals surface area (Å²) in [5, 5.41) is 7.89. The average molecular weight is 412 g/mol. The van der Waals surface area contributed by atoms with Gasteiger partial charge in [0.2, 0.25) is 0 Å². The van der Waals surface area contributed by atoms with Crippen molar-refractivity contribution in [2.75, 3.05) is 5.32 Å². The van der Waals surface area contributed by atoms with E-state index in [2.05, 4.69) is 10.5 Å². The van der Waals surface area contributed by atoms with Crippen LogP contribution in [0.4, 0.5) is 5.69 Å². The lowest BCUT2D eigenvalue weighted by molar-refractivity contribution is 0.101. The lowest BCUT2D eigenvalue weighted by Gasteiger charge is -2.08. The molecular formula is C18H13Cl3N2O3. The molecule has 1 amide bonds. The number of amides is 1. The third-order valence-electron chi connectivity index (χ3n) is 3.57. The van der Waals surface area contributed by atoms with Gasteiger partial charge in [0.1, 0.15) is 18.1 Å². The number of rotatable bonds is 5. The van der Waals surface area contributed by atoms with Crippen LogP contribution in [0.15, 0.2) is 47.0 Å². The number of aryl methyl sites for hydroxylation is 1. The molecule has 2 aromatic carbocycles. The standard InChI is InChI=1S/C18H13Cl3N2O3/c1-10-14(9-25-13-5-2-11(19)3-6-13)17(23-26-10)18(24)22-12-4-7-15(20)16(21)8-12/h2-8H,9H2,1H3,(H,22,24). The quantitative estimate of drug-likeness (QED) is 0.578. The molecule has 0 saturated carbocycles. The third-order valence-corrected chi connectivity index (χ3v) is 4.57. The van der Waals surface area contributed by atoms with E-state index in [4.69, 9.17) is 44.1 Å². The molecule has 0 radical (unpaired) electrons. The van der Waals surface area contributed by atoms with Gasteiger partial charge >= 0.3 is 0 Å². The molecule has 0 aliphatic carbocycles. The maximum absolute atomic E-state index is 12.5. The number of ether oxygens (including phenoxy) is 1. The Balaban J connectivity index is 1.74. The number of hydrogen-bond acceptors (Lipinski definition) is 4. The summed E-state index contributed by atoms with van der Waals surface area (Å²) >= 11 is 17.7. The Labute approximate surface area is 164 Å². The summed E-state index contributed by atoms with van der Waals surface area (Å²) in [5.74, 6) is 0.680. The number of hydrogen-bond donors (Lipinski definition) is 1. The molecule has 5 nitrogen and oxygen atoms in total. The second-order valence-corrected chi connectivity index (χ2v) is 6.64. The minimum absolute atomic E-state index is 0.126. The summed E-state index contributed by atoms with van der Waals surface area (Å²) in [6.07, 6.45) is 0. The van der Waals surface area contributed by atoms with Crippen LogP contribution in [0.1, 0.15) is 21.8 Å². The Kier molecular flexibility index (Phi) is 5.71. The molecule has 0 spiro atoms. The van der Waals surface area contributed by atoms with Crippen molar-refractivity contribution in [3.8, 4) is 5.75 Å². The molecule has 1 heterocycles. The molecule has 26 heavy (non-hydrogen) atoms. The molecule has 0 aliphatic rings. The topological polar surface area (TPSA) is 64.4 Å². The van der Waals surface area contributed by atoms with E-state index in [9.17, 15) is 4.79 Å². The first-order chi connectivity index (χ1) is 12.4. The summed E-state index contributed by atoms with van der Waals surface area (Å²) in [7, 11) is 0. The van der Waals surface area contributed by atoms with E-state index < -0.39 is 5.91 Å². The molecule has 0 saturated heterocycles. The first kappa shape index (κ1) is 18.6. The van der Waals surface area contributed by atoms with Crippen LogP contribution >= 0.6 is 34.8 Å². The Hall–Kier alpha value is -2.21. The number of carbonyl (C=O) groups excluding carboxylic acids is 1. The molecule has 0 aliphatic heterocycles. The van der Waals surface area contributed by atoms with Crippen molar-refractivity contribution >= 4 is 46.4 Å². The van der Waals surface area contributed by atoms with E-state index in [0.29, 0.717) is 37.8 Å². The SMILES string of the molecule is Cc1onc(C(=O)Nc2ccc(Cl)c(Cl)c2)c1COc1ccc(Cl)cc1. The molecule has 1 N–H and O–H groups in total. The molecule has 134 valence electrons. The lowest BCUT2D eigenvalue weighted by Crippen LogP contribution is -2.15. The zero-order valence-electron chi connectivity index (χ0n) is 13.6. The van der Waals surface area contributed by atoms with Crippen LogP contribution in [0, 0.1) is 6.92 Å². The highest BCUT2D eigenvalue weighted by molar-refractivity contribution is 6.42. The van der Waals surface area contributed by atoms with Crippen LogP contribution in [0.3, 0.4) is 0 Å². The van der Waals surface area contributed by atoms with Gasteiger partial charge in [-0.25, -0.2) is 0 Å². The van der Waals surface area contributed by atoms with Gasteiger partial charge in [-0.1, -0.05) is 40.0 Å². The Morgan fingerprint density at radius 3 is 2.54 bits per heavy atom. The number of aromatic nitrogens is 1. The number of carbonyl (C=O) groups is 1. The predicted octanol–water partition coefficient (Wildman–Crippen LogP) is 5.77. The van der Waals surface area contributed by atoms with E-state index in [0.717, 1.165) is 0 Å². The number of anilines is 1. The fourth-order valence-corrected chi connectivity index (χ4v) is 2.61. The van der Waals surface area contributed by atoms with Crippen LogP contribution in [0.5, 0.6) is 5.75 Å². The number of halogens is 3. The van der Waals surface area contributed by atoms with Crippen molar-refractivity contribution in [1.29, 1.82) is 0 Å². The molecule has 3 rings (SSSR count). The minimum Gasteiger partial charge on any atom is -0.489 e. The van der Waals surface area contributed by atoms with E-state index in [1.807, 2.05) is 0 Å². The monoisotopic (exact) mass is 410 g/mol. The number of benzene rings is 2. The van der Waals surface area contributed by atoms with E-state index >= 15 is 0 Å². The average Bonchev–Trinajstić information content (AvgIpc) is 2.98. The van der Waals surface area contributed by atoms with E-state index in [1.165, 1.54) is 0 Å². The molecule has 0 fully saturated rings. The zero-order valence-corrected chi connectivity index (χ0v) is 15.8. The summed E-state index contributed by atoms with van der Waals surface area (Å²) in [6.45, 7) is 1.84. The largest absolute Gasteiger partial charge is 0.489 e. The van der Waals surface area contributed by atoms with Gasteiger partial charge in [-0.15, -0.1) is 0 Å². The Morgan fingerprint density at radius 1 is 1.12 bits per heavy atom. The van der Waals surface area contributed by atoms with E-state index in [1.54, 1.807) is 49.4 Å². The minimum atomic E-state index is -0.435. The maximum atomic E-state index is 12.5. The van der Waals surface area contributed by atoms with Crippen LogP contribution < -0.4 is 10.1 Å². The molecule has 0 bridgehead atoms. The van der Waals surface area contributed by atoms with Crippen LogP contribution in [-0.2, 0) is 6.61 Å². The smallest absolute Gasteiger partial charge is 0.278 e. The van der Waals surface area contributed by atoms with Gasteiger partial charge in [-0.3, -0.25) is 4.79 Å². The fraction of sp³-hybridized carbons (Fsp3) is 0.111. The van der Waals surface area contributed by atoms with Gasteiger partial charge in [-0.2, -0.15) is 0 Å². The van der Waals surface area contributed by atoms with Crippen molar-refractivity contribution < 1.29 is 14.1 Å². The van der Waals surface area contributed by atoms with Crippen molar-refractivity contribution in [2.45, 2.75) is 13.5 Å². The molecule has 3 aromatic rings. The van der Waals surface area contributed by atoms with Crippen molar-refractivity contribution in [1.82, 2.24) is 5.16 Å². The van der Waals surface area contributed by atoms with Gasteiger partial charge in [0, 0.05) is 10.7 Å². The molecular weight excluding hydrogens is 399 g/mol. The highest BCUT2D eigenvalue weighted by atomic mass is 35.5. The van der Waals surface area contributed by atoms with Crippen molar-refractivity contribution in [3.05, 3.63) is 74.6 Å². The first-order valence-electron chi connectivity index (χ1n) is 7.54. The molecule has 0 atom stereocenters.